The number of benzene rings is 4. The molecule has 4 atom stereocenters. The number of carbonyl (C=O) groups is 3. The molecule has 10 rings (SSSR count). The summed E-state index contributed by atoms with van der Waals surface area (Å²) < 4.78 is 75.6. The van der Waals surface area contributed by atoms with Crippen molar-refractivity contribution >= 4 is 158 Å². The highest BCUT2D eigenvalue weighted by Crippen LogP contribution is 2.86. The van der Waals surface area contributed by atoms with Crippen LogP contribution in [-0.4, -0.2) is 101 Å². The number of rotatable bonds is 15. The van der Waals surface area contributed by atoms with Crippen molar-refractivity contribution < 1.29 is 46.2 Å². The molecule has 2 saturated carbocycles. The van der Waals surface area contributed by atoms with Gasteiger partial charge in [-0.15, -0.1) is 83.2 Å². The van der Waals surface area contributed by atoms with E-state index >= 15 is 0 Å². The third-order valence-corrected chi connectivity index (χ3v) is 40.4. The molecule has 96 heavy (non-hydrogen) atoms. The fourth-order valence-corrected chi connectivity index (χ4v) is 14.0. The molecule has 530 valence electrons. The maximum atomic E-state index is 14.8. The van der Waals surface area contributed by atoms with Crippen LogP contribution in [0.2, 0.25) is 10.0 Å². The van der Waals surface area contributed by atoms with E-state index in [4.69, 9.17) is 37.4 Å². The van der Waals surface area contributed by atoms with Crippen molar-refractivity contribution in [1.29, 1.82) is 0 Å². The first-order chi connectivity index (χ1) is 42.4. The molecule has 2 aliphatic rings. The van der Waals surface area contributed by atoms with E-state index in [9.17, 15) is 31.9 Å². The van der Waals surface area contributed by atoms with Gasteiger partial charge in [0, 0.05) is 80.2 Å². The molecule has 2 fully saturated rings. The Morgan fingerprint density at radius 2 is 0.906 bits per heavy atom. The topological polar surface area (TPSA) is 126 Å². The van der Waals surface area contributed by atoms with Crippen LogP contribution in [0, 0.1) is 23.3 Å². The van der Waals surface area contributed by atoms with Crippen molar-refractivity contribution in [1.82, 2.24) is 30.0 Å². The first kappa shape index (κ1) is 90.3. The van der Waals surface area contributed by atoms with Crippen molar-refractivity contribution in [2.75, 3.05) is 28.3 Å². The van der Waals surface area contributed by atoms with Crippen molar-refractivity contribution in [3.05, 3.63) is 164 Å². The molecule has 12 nitrogen and oxygen atoms in total. The molecule has 0 aliphatic heterocycles. The van der Waals surface area contributed by atoms with Gasteiger partial charge in [-0.2, -0.15) is 0 Å². The third-order valence-electron chi connectivity index (χ3n) is 15.7. The van der Waals surface area contributed by atoms with E-state index in [0.717, 1.165) is 106 Å². The number of hydrogen-bond donors (Lipinski definition) is 1. The van der Waals surface area contributed by atoms with Gasteiger partial charge in [-0.05, 0) is 188 Å². The van der Waals surface area contributed by atoms with Crippen LogP contribution in [0.1, 0.15) is 140 Å². The average Bonchev–Trinajstić information content (AvgIpc) is 1.59. The molecule has 4 aromatic carbocycles. The number of nitrogens with zero attached hydrogens (tertiary/aromatic N) is 5. The zero-order valence-electron chi connectivity index (χ0n) is 51.1. The van der Waals surface area contributed by atoms with E-state index in [1.165, 1.54) is 0 Å². The first-order valence-electron chi connectivity index (χ1n) is 28.5. The highest BCUT2D eigenvalue weighted by Gasteiger charge is 2.37. The second-order valence-electron chi connectivity index (χ2n) is 22.5. The molecule has 8 aromatic rings. The Morgan fingerprint density at radius 1 is 0.562 bits per heavy atom. The van der Waals surface area contributed by atoms with Gasteiger partial charge in [0.2, 0.25) is 0 Å². The lowest BCUT2D eigenvalue weighted by atomic mass is 9.89. The fourth-order valence-electron chi connectivity index (χ4n) is 11.0. The van der Waals surface area contributed by atoms with Gasteiger partial charge in [-0.25, -0.2) is 22.4 Å². The maximum absolute atomic E-state index is 14.8. The van der Waals surface area contributed by atoms with Crippen molar-refractivity contribution in [3.8, 4) is 33.8 Å². The Labute approximate surface area is 608 Å². The molecule has 4 aromatic heterocycles. The number of thiophene rings is 2. The number of methoxy groups -OCH3 is 2. The lowest BCUT2D eigenvalue weighted by molar-refractivity contribution is 0.0144. The predicted octanol–water partition coefficient (Wildman–Crippen LogP) is 22.9. The first-order valence-corrected chi connectivity index (χ1v) is 40.8. The van der Waals surface area contributed by atoms with Gasteiger partial charge >= 0.3 is 6.09 Å². The number of pyridine rings is 2. The molecule has 4 unspecified atom stereocenters. The van der Waals surface area contributed by atoms with Crippen molar-refractivity contribution in [3.63, 3.8) is 0 Å². The van der Waals surface area contributed by atoms with Crippen molar-refractivity contribution in [2.45, 2.75) is 152 Å². The number of halogens is 8. The quantitative estimate of drug-likeness (QED) is 0.0788. The van der Waals surface area contributed by atoms with Gasteiger partial charge in [0.05, 0.1) is 44.4 Å². The summed E-state index contributed by atoms with van der Waals surface area (Å²) in [6, 6.07) is 23.5. The Hall–Kier alpha value is -3.67. The summed E-state index contributed by atoms with van der Waals surface area (Å²) in [5, 5.41) is 3.05. The Bertz CT molecular complexity index is 3770. The van der Waals surface area contributed by atoms with Gasteiger partial charge in [-0.3, -0.25) is 19.6 Å². The number of amides is 3. The number of fused-ring (bicyclic) bond motifs is 2. The number of carbonyl (C=O) groups excluding carboxylic acids is 3. The standard InChI is InChI=1S/C34H36ClF2N3O4S.C29H28ClF2N3O2S.5CH4.2ClH.H8P6/c1-34(2,3)44-33(42)39(4)23-7-9-24(10-8-23)40(32(41)31-29(35)28-25(36)11-12-26(37)30(28)45-31)19-22-18-21(6-13-27(22)43-5)20-14-16-38-17-15-20;1-33-20-4-6-21(7-5-20)35(29(36)28-26(30)25-22(31)8-9-23(32)27(25)38-28)16-19-15-18(3-10-24(19)37-2)17-11-13-34-14-12-17;;;;;;;;1-5(2)6(3)4/h6,11-18,23-24H,7-10,19H2,1-5H3;3,8-15,20-21,33H,4-7,16H2,1-2H3;5*1H4;2*1H;1-4H2. The van der Waals surface area contributed by atoms with Gasteiger partial charge in [-0.1, -0.05) is 72.5 Å². The number of ether oxygens (including phenoxy) is 3. The summed E-state index contributed by atoms with van der Waals surface area (Å²) >= 11 is 14.9. The van der Waals surface area contributed by atoms with E-state index in [0.29, 0.717) is 43.2 Å². The largest absolute Gasteiger partial charge is 0.496 e. The van der Waals surface area contributed by atoms with Gasteiger partial charge in [0.25, 0.3) is 11.8 Å². The van der Waals surface area contributed by atoms with Crippen LogP contribution < -0.4 is 14.8 Å². The smallest absolute Gasteiger partial charge is 0.410 e. The van der Waals surface area contributed by atoms with Crippen LogP contribution in [0.4, 0.5) is 22.4 Å². The summed E-state index contributed by atoms with van der Waals surface area (Å²) in [7, 11) is 18.0. The second kappa shape index (κ2) is 41.3. The van der Waals surface area contributed by atoms with Gasteiger partial charge in [0.15, 0.2) is 0 Å². The minimum atomic E-state index is -0.685. The lowest BCUT2D eigenvalue weighted by Crippen LogP contribution is -2.47. The van der Waals surface area contributed by atoms with Crippen LogP contribution >= 0.6 is 120 Å². The van der Waals surface area contributed by atoms with E-state index in [-0.39, 0.29) is 153 Å². The zero-order chi connectivity index (χ0) is 64.4. The molecule has 0 bridgehead atoms. The summed E-state index contributed by atoms with van der Waals surface area (Å²) in [5.41, 5.74) is 4.83. The SMILES string of the molecule is C.C.C.C.C.CNC1CCC(N(Cc2cc(-c3ccncc3)ccc2OC)C(=O)c2sc3c(F)ccc(F)c3c2Cl)CC1.COc1ccc(-c2ccncc2)cc1CN(C(=O)c1sc2c(F)ccc(F)c2c1Cl)C1CCC(N(C)C(=O)OC(C)(C)C)CC1.Cl.Cl.PP(P)P(P)P. The summed E-state index contributed by atoms with van der Waals surface area (Å²) in [6.07, 6.45) is 12.4. The Morgan fingerprint density at radius 3 is 1.23 bits per heavy atom. The molecule has 1 N–H and O–H groups in total. The van der Waals surface area contributed by atoms with E-state index in [1.54, 1.807) is 60.8 Å². The van der Waals surface area contributed by atoms with E-state index in [1.807, 2.05) is 88.5 Å². The van der Waals surface area contributed by atoms with Crippen LogP contribution in [0.5, 0.6) is 11.5 Å². The Balaban J connectivity index is 0.000000835. The zero-order valence-corrected chi connectivity index (χ0v) is 62.2. The van der Waals surface area contributed by atoms with Crippen LogP contribution in [0.15, 0.2) is 110 Å². The van der Waals surface area contributed by atoms with Crippen LogP contribution in [-0.2, 0) is 17.8 Å². The van der Waals surface area contributed by atoms with Gasteiger partial charge in [0.1, 0.15) is 50.1 Å². The van der Waals surface area contributed by atoms with Gasteiger partial charge < -0.3 is 34.2 Å². The molecule has 0 spiro atoms. The minimum Gasteiger partial charge on any atom is -0.496 e. The number of nitrogens with one attached hydrogen (secondary N) is 1. The van der Waals surface area contributed by atoms with Crippen molar-refractivity contribution in [2.24, 2.45) is 0 Å². The number of aromatic nitrogens is 2. The third kappa shape index (κ3) is 22.4. The van der Waals surface area contributed by atoms with Crippen LogP contribution in [0.3, 0.4) is 0 Å². The highest BCUT2D eigenvalue weighted by atomic mass is 35.5. The average molecular weight is 1560 g/mol. The van der Waals surface area contributed by atoms with E-state index < -0.39 is 40.9 Å². The summed E-state index contributed by atoms with van der Waals surface area (Å²) in [4.78, 5) is 54.8. The van der Waals surface area contributed by atoms with Crippen LogP contribution in [0.25, 0.3) is 42.4 Å². The molecule has 0 saturated heterocycles. The second-order valence-corrected chi connectivity index (χ2v) is 45.0. The molecule has 28 heteroatoms. The molecule has 0 radical (unpaired) electrons. The molecule has 4 heterocycles. The summed E-state index contributed by atoms with van der Waals surface area (Å²) in [5.74, 6) is -2.06. The Kier molecular flexibility index (Phi) is 38.9. The summed E-state index contributed by atoms with van der Waals surface area (Å²) in [6.45, 7) is 6.25. The minimum absolute atomic E-state index is 0. The lowest BCUT2D eigenvalue weighted by Gasteiger charge is -2.40. The highest BCUT2D eigenvalue weighted by molar-refractivity contribution is 8.92. The molecule has 2 aliphatic carbocycles. The molecule has 3 amide bonds. The monoisotopic (exact) mass is 1560 g/mol. The molecular formula is C68H94Cl4F4N6O6P6S2. The fraction of sp³-hybridized carbons (Fsp3) is 0.397. The molecular weight excluding hydrogens is 1460 g/mol. The maximum Gasteiger partial charge on any atom is 0.410 e. The van der Waals surface area contributed by atoms with E-state index in [2.05, 4.69) is 51.0 Å². The normalized spacial score (nSPS) is 15.5. The number of hydrogen-bond acceptors (Lipinski definition) is 11. The predicted molar refractivity (Wildman–Crippen MR) is 422 cm³/mol.